The Morgan fingerprint density at radius 3 is 1.79 bits per heavy atom. The second-order valence-electron chi connectivity index (χ2n) is 6.87. The van der Waals surface area contributed by atoms with Gasteiger partial charge in [0, 0.05) is 47.2 Å². The first-order valence-electron chi connectivity index (χ1n) is 9.35. The van der Waals surface area contributed by atoms with Crippen molar-refractivity contribution < 1.29 is 9.59 Å². The molecule has 0 unspecified atom stereocenters. The lowest BCUT2D eigenvalue weighted by Gasteiger charge is -2.30. The fraction of sp³-hybridized carbons (Fsp3) is 0.217. The number of halogens is 2. The van der Waals surface area contributed by atoms with Gasteiger partial charge in [0.1, 0.15) is 0 Å². The van der Waals surface area contributed by atoms with E-state index in [4.69, 9.17) is 23.2 Å². The van der Waals surface area contributed by atoms with E-state index in [-0.39, 0.29) is 11.7 Å². The standard InChI is InChI=1S/C23H22Cl2N2O2/c1-26-11-10-22(28)27-14-18(12-16-2-6-20(24)7-3-16)23(29)19(15-27)13-17-4-8-21(25)9-5-17/h2-9,12-13,26H,10-11,14-15H2,1H3/b18-12+,19-13+. The topological polar surface area (TPSA) is 49.4 Å². The number of likely N-dealkylation sites (tertiary alicyclic amines) is 1. The van der Waals surface area contributed by atoms with Crippen molar-refractivity contribution in [1.82, 2.24) is 10.2 Å². The van der Waals surface area contributed by atoms with Crippen LogP contribution in [0.15, 0.2) is 59.7 Å². The van der Waals surface area contributed by atoms with Gasteiger partial charge in [-0.3, -0.25) is 9.59 Å². The number of hydrogen-bond acceptors (Lipinski definition) is 3. The zero-order chi connectivity index (χ0) is 20.8. The van der Waals surface area contributed by atoms with Crippen LogP contribution in [0.4, 0.5) is 0 Å². The predicted molar refractivity (Wildman–Crippen MR) is 119 cm³/mol. The van der Waals surface area contributed by atoms with Gasteiger partial charge < -0.3 is 10.2 Å². The van der Waals surface area contributed by atoms with E-state index in [0.29, 0.717) is 47.2 Å². The maximum absolute atomic E-state index is 13.1. The monoisotopic (exact) mass is 428 g/mol. The number of nitrogens with zero attached hydrogens (tertiary/aromatic N) is 1. The molecule has 0 radical (unpaired) electrons. The number of nitrogens with one attached hydrogen (secondary N) is 1. The molecule has 1 heterocycles. The Labute approximate surface area is 180 Å². The van der Waals surface area contributed by atoms with Crippen LogP contribution in [0.2, 0.25) is 10.0 Å². The Morgan fingerprint density at radius 1 is 0.931 bits per heavy atom. The minimum Gasteiger partial charge on any atom is -0.334 e. The lowest BCUT2D eigenvalue weighted by atomic mass is 9.94. The molecule has 0 aliphatic carbocycles. The van der Waals surface area contributed by atoms with E-state index >= 15 is 0 Å². The first kappa shape index (κ1) is 21.3. The fourth-order valence-electron chi connectivity index (χ4n) is 3.13. The van der Waals surface area contributed by atoms with Gasteiger partial charge in [0.15, 0.2) is 5.78 Å². The van der Waals surface area contributed by atoms with Gasteiger partial charge in [0.05, 0.1) is 0 Å². The molecule has 1 N–H and O–H groups in total. The number of ketones is 1. The maximum Gasteiger partial charge on any atom is 0.224 e. The second-order valence-corrected chi connectivity index (χ2v) is 7.75. The summed E-state index contributed by atoms with van der Waals surface area (Å²) in [5.41, 5.74) is 2.90. The number of benzene rings is 2. The van der Waals surface area contributed by atoms with Crippen LogP contribution in [-0.2, 0) is 9.59 Å². The highest BCUT2D eigenvalue weighted by molar-refractivity contribution is 6.30. The lowest BCUT2D eigenvalue weighted by molar-refractivity contribution is -0.131. The molecule has 0 spiro atoms. The molecule has 2 aromatic rings. The smallest absolute Gasteiger partial charge is 0.224 e. The van der Waals surface area contributed by atoms with Crippen LogP contribution in [0.5, 0.6) is 0 Å². The minimum absolute atomic E-state index is 0.0101. The normalized spacial score (nSPS) is 17.2. The summed E-state index contributed by atoms with van der Waals surface area (Å²) in [4.78, 5) is 27.5. The molecule has 29 heavy (non-hydrogen) atoms. The molecule has 1 aliphatic rings. The Balaban J connectivity index is 1.94. The highest BCUT2D eigenvalue weighted by Gasteiger charge is 2.28. The third-order valence-corrected chi connectivity index (χ3v) is 5.17. The maximum atomic E-state index is 13.1. The molecule has 2 aromatic carbocycles. The molecule has 6 heteroatoms. The predicted octanol–water partition coefficient (Wildman–Crippen LogP) is 4.48. The van der Waals surface area contributed by atoms with E-state index in [9.17, 15) is 9.59 Å². The van der Waals surface area contributed by atoms with Crippen molar-refractivity contribution in [2.45, 2.75) is 6.42 Å². The van der Waals surface area contributed by atoms with Gasteiger partial charge in [-0.25, -0.2) is 0 Å². The first-order valence-corrected chi connectivity index (χ1v) is 10.1. The highest BCUT2D eigenvalue weighted by Crippen LogP contribution is 2.23. The van der Waals surface area contributed by atoms with Crippen molar-refractivity contribution in [2.75, 3.05) is 26.7 Å². The summed E-state index contributed by atoms with van der Waals surface area (Å²) in [5, 5.41) is 4.26. The molecule has 1 aliphatic heterocycles. The summed E-state index contributed by atoms with van der Waals surface area (Å²) >= 11 is 11.9. The van der Waals surface area contributed by atoms with Gasteiger partial charge in [-0.05, 0) is 54.6 Å². The number of rotatable bonds is 5. The van der Waals surface area contributed by atoms with Gasteiger partial charge in [0.2, 0.25) is 5.91 Å². The molecular weight excluding hydrogens is 407 g/mol. The van der Waals surface area contributed by atoms with Crippen molar-refractivity contribution in [3.8, 4) is 0 Å². The molecule has 4 nitrogen and oxygen atoms in total. The second kappa shape index (κ2) is 9.88. The van der Waals surface area contributed by atoms with E-state index < -0.39 is 0 Å². The van der Waals surface area contributed by atoms with Crippen LogP contribution < -0.4 is 5.32 Å². The summed E-state index contributed by atoms with van der Waals surface area (Å²) in [5.74, 6) is -0.0385. The lowest BCUT2D eigenvalue weighted by Crippen LogP contribution is -2.42. The zero-order valence-electron chi connectivity index (χ0n) is 16.1. The minimum atomic E-state index is -0.0485. The molecular formula is C23H22Cl2N2O2. The average molecular weight is 429 g/mol. The number of carbonyl (C=O) groups excluding carboxylic acids is 2. The summed E-state index contributed by atoms with van der Waals surface area (Å²) in [7, 11) is 1.81. The largest absolute Gasteiger partial charge is 0.334 e. The van der Waals surface area contributed by atoms with E-state index in [1.807, 2.05) is 43.5 Å². The fourth-order valence-corrected chi connectivity index (χ4v) is 3.38. The Morgan fingerprint density at radius 2 is 1.38 bits per heavy atom. The van der Waals surface area contributed by atoms with E-state index in [2.05, 4.69) is 5.32 Å². The van der Waals surface area contributed by atoms with E-state index in [1.54, 1.807) is 29.2 Å². The van der Waals surface area contributed by atoms with E-state index in [0.717, 1.165) is 11.1 Å². The van der Waals surface area contributed by atoms with Crippen molar-refractivity contribution >= 4 is 47.0 Å². The van der Waals surface area contributed by atoms with Crippen molar-refractivity contribution in [3.05, 3.63) is 80.8 Å². The molecule has 3 rings (SSSR count). The zero-order valence-corrected chi connectivity index (χ0v) is 17.6. The van der Waals surface area contributed by atoms with Gasteiger partial charge in [-0.1, -0.05) is 47.5 Å². The van der Waals surface area contributed by atoms with Crippen LogP contribution in [0.1, 0.15) is 17.5 Å². The molecule has 1 amide bonds. The number of piperidine rings is 1. The summed E-state index contributed by atoms with van der Waals surface area (Å²) in [6.45, 7) is 1.18. The molecule has 0 bridgehead atoms. The summed E-state index contributed by atoms with van der Waals surface area (Å²) in [6.07, 6.45) is 4.03. The number of hydrogen-bond donors (Lipinski definition) is 1. The molecule has 1 fully saturated rings. The van der Waals surface area contributed by atoms with Gasteiger partial charge >= 0.3 is 0 Å². The summed E-state index contributed by atoms with van der Waals surface area (Å²) in [6, 6.07) is 14.5. The average Bonchev–Trinajstić information content (AvgIpc) is 2.72. The van der Waals surface area contributed by atoms with E-state index in [1.165, 1.54) is 0 Å². The number of Topliss-reactive ketones (excluding diaryl/α,β-unsaturated/α-hetero) is 1. The summed E-state index contributed by atoms with van der Waals surface area (Å²) < 4.78 is 0. The van der Waals surface area contributed by atoms with Crippen LogP contribution in [-0.4, -0.2) is 43.3 Å². The Kier molecular flexibility index (Phi) is 7.26. The SMILES string of the molecule is CNCCC(=O)N1C/C(=C\c2ccc(Cl)cc2)C(=O)/C(=C/c2ccc(Cl)cc2)C1. The number of amides is 1. The molecule has 150 valence electrons. The van der Waals surface area contributed by atoms with Crippen molar-refractivity contribution in [1.29, 1.82) is 0 Å². The Bertz CT molecular complexity index is 880. The third-order valence-electron chi connectivity index (χ3n) is 4.67. The quantitative estimate of drug-likeness (QED) is 0.713. The molecule has 0 atom stereocenters. The number of carbonyl (C=O) groups is 2. The van der Waals surface area contributed by atoms with Crippen LogP contribution in [0, 0.1) is 0 Å². The van der Waals surface area contributed by atoms with Gasteiger partial charge in [-0.15, -0.1) is 0 Å². The Hall–Kier alpha value is -2.40. The molecule has 0 aromatic heterocycles. The third kappa shape index (κ3) is 5.80. The highest BCUT2D eigenvalue weighted by atomic mass is 35.5. The van der Waals surface area contributed by atoms with Crippen LogP contribution >= 0.6 is 23.2 Å². The molecule has 1 saturated heterocycles. The van der Waals surface area contributed by atoms with Crippen molar-refractivity contribution in [3.63, 3.8) is 0 Å². The van der Waals surface area contributed by atoms with Gasteiger partial charge in [0.25, 0.3) is 0 Å². The van der Waals surface area contributed by atoms with Crippen LogP contribution in [0.3, 0.4) is 0 Å². The molecule has 0 saturated carbocycles. The van der Waals surface area contributed by atoms with Gasteiger partial charge in [-0.2, -0.15) is 0 Å². The van der Waals surface area contributed by atoms with Crippen molar-refractivity contribution in [2.24, 2.45) is 0 Å². The first-order chi connectivity index (χ1) is 14.0. The van der Waals surface area contributed by atoms with Crippen LogP contribution in [0.25, 0.3) is 12.2 Å².